The molecule has 0 radical (unpaired) electrons. The lowest BCUT2D eigenvalue weighted by molar-refractivity contribution is -0.136. The van der Waals surface area contributed by atoms with Crippen molar-refractivity contribution in [3.05, 3.63) is 35.0 Å². The number of hydrogen-bond donors (Lipinski definition) is 0. The highest BCUT2D eigenvalue weighted by molar-refractivity contribution is 6.31. The summed E-state index contributed by atoms with van der Waals surface area (Å²) in [5, 5.41) is 1.45. The van der Waals surface area contributed by atoms with Crippen molar-refractivity contribution in [2.24, 2.45) is 5.92 Å². The number of piperidine rings is 1. The van der Waals surface area contributed by atoms with Crippen LogP contribution in [0.3, 0.4) is 0 Å². The van der Waals surface area contributed by atoms with Crippen LogP contribution in [0.5, 0.6) is 0 Å². The molecule has 6 heteroatoms. The van der Waals surface area contributed by atoms with Crippen LogP contribution in [0.15, 0.2) is 28.7 Å². The number of halogens is 1. The number of nitrogens with zero attached hydrogens (tertiary/aromatic N) is 2. The molecule has 2 aromatic rings. The summed E-state index contributed by atoms with van der Waals surface area (Å²) in [5.41, 5.74) is 0.661. The number of likely N-dealkylation sites (tertiary alicyclic amines) is 2. The molecule has 0 spiro atoms. The summed E-state index contributed by atoms with van der Waals surface area (Å²) in [5.74, 6) is 0.552. The van der Waals surface area contributed by atoms with Crippen molar-refractivity contribution >= 4 is 34.4 Å². The van der Waals surface area contributed by atoms with Crippen LogP contribution in [0, 0.1) is 5.92 Å². The Morgan fingerprint density at radius 2 is 1.63 bits per heavy atom. The van der Waals surface area contributed by atoms with Crippen molar-refractivity contribution in [1.82, 2.24) is 9.80 Å². The Balaban J connectivity index is 1.37. The van der Waals surface area contributed by atoms with Crippen molar-refractivity contribution in [2.45, 2.75) is 38.5 Å². The molecule has 0 atom stereocenters. The highest BCUT2D eigenvalue weighted by atomic mass is 35.5. The third kappa shape index (κ3) is 3.98. The Morgan fingerprint density at radius 1 is 0.926 bits per heavy atom. The molecule has 0 unspecified atom stereocenters. The number of carbonyl (C=O) groups is 2. The first kappa shape index (κ1) is 18.4. The lowest BCUT2D eigenvalue weighted by Crippen LogP contribution is -2.44. The first-order chi connectivity index (χ1) is 13.1. The molecule has 5 nitrogen and oxygen atoms in total. The lowest BCUT2D eigenvalue weighted by Gasteiger charge is -2.33. The van der Waals surface area contributed by atoms with Crippen LogP contribution in [0.4, 0.5) is 0 Å². The summed E-state index contributed by atoms with van der Waals surface area (Å²) >= 11 is 6.00. The molecule has 0 aliphatic carbocycles. The average Bonchev–Trinajstić information content (AvgIpc) is 2.92. The topological polar surface area (TPSA) is 53.8 Å². The van der Waals surface area contributed by atoms with E-state index in [0.29, 0.717) is 29.5 Å². The maximum Gasteiger partial charge on any atom is 0.289 e. The van der Waals surface area contributed by atoms with Gasteiger partial charge in [0.25, 0.3) is 5.91 Å². The number of amides is 2. The highest BCUT2D eigenvalue weighted by Gasteiger charge is 2.31. The Kier molecular flexibility index (Phi) is 5.39. The van der Waals surface area contributed by atoms with Gasteiger partial charge in [-0.15, -0.1) is 0 Å². The summed E-state index contributed by atoms with van der Waals surface area (Å²) in [4.78, 5) is 29.4. The summed E-state index contributed by atoms with van der Waals surface area (Å²) < 4.78 is 5.70. The minimum absolute atomic E-state index is 0.0432. The second-order valence-electron chi connectivity index (χ2n) is 7.60. The van der Waals surface area contributed by atoms with Gasteiger partial charge < -0.3 is 14.2 Å². The van der Waals surface area contributed by atoms with Gasteiger partial charge in [-0.1, -0.05) is 24.4 Å². The van der Waals surface area contributed by atoms with E-state index in [-0.39, 0.29) is 17.7 Å². The number of benzene rings is 1. The van der Waals surface area contributed by atoms with Gasteiger partial charge in [-0.25, -0.2) is 0 Å². The average molecular weight is 389 g/mol. The largest absolute Gasteiger partial charge is 0.451 e. The Morgan fingerprint density at radius 3 is 2.33 bits per heavy atom. The van der Waals surface area contributed by atoms with Crippen LogP contribution in [0.2, 0.25) is 5.02 Å². The van der Waals surface area contributed by atoms with Gasteiger partial charge in [0, 0.05) is 42.5 Å². The predicted molar refractivity (Wildman–Crippen MR) is 105 cm³/mol. The minimum Gasteiger partial charge on any atom is -0.451 e. The number of carbonyl (C=O) groups excluding carboxylic acids is 2. The van der Waals surface area contributed by atoms with Crippen LogP contribution in [0.25, 0.3) is 11.0 Å². The zero-order valence-corrected chi connectivity index (χ0v) is 16.2. The molecule has 2 aliphatic rings. The Hall–Kier alpha value is -2.01. The van der Waals surface area contributed by atoms with E-state index in [2.05, 4.69) is 0 Å². The highest BCUT2D eigenvalue weighted by Crippen LogP contribution is 2.26. The molecular weight excluding hydrogens is 364 g/mol. The Bertz CT molecular complexity index is 831. The molecule has 0 saturated carbocycles. The zero-order valence-electron chi connectivity index (χ0n) is 15.5. The van der Waals surface area contributed by atoms with Crippen LogP contribution in [-0.4, -0.2) is 47.8 Å². The number of rotatable bonds is 2. The predicted octanol–water partition coefficient (Wildman–Crippen LogP) is 4.34. The number of fused-ring (bicyclic) bond motifs is 1. The van der Waals surface area contributed by atoms with Gasteiger partial charge in [0.1, 0.15) is 5.58 Å². The quantitative estimate of drug-likeness (QED) is 0.768. The molecule has 2 aliphatic heterocycles. The van der Waals surface area contributed by atoms with Crippen molar-refractivity contribution < 1.29 is 14.0 Å². The third-order valence-corrected chi connectivity index (χ3v) is 5.97. The van der Waals surface area contributed by atoms with Crippen molar-refractivity contribution in [1.29, 1.82) is 0 Å². The maximum absolute atomic E-state index is 12.8. The van der Waals surface area contributed by atoms with Crippen LogP contribution in [-0.2, 0) is 4.79 Å². The van der Waals surface area contributed by atoms with Crippen LogP contribution < -0.4 is 0 Å². The molecule has 144 valence electrons. The first-order valence-corrected chi connectivity index (χ1v) is 10.3. The smallest absolute Gasteiger partial charge is 0.289 e. The molecule has 27 heavy (non-hydrogen) atoms. The Labute approximate surface area is 164 Å². The normalized spacial score (nSPS) is 19.3. The fourth-order valence-corrected chi connectivity index (χ4v) is 4.33. The molecule has 3 heterocycles. The van der Waals surface area contributed by atoms with Crippen molar-refractivity contribution in [3.8, 4) is 0 Å². The second kappa shape index (κ2) is 7.93. The van der Waals surface area contributed by atoms with Gasteiger partial charge >= 0.3 is 0 Å². The van der Waals surface area contributed by atoms with E-state index in [1.807, 2.05) is 4.90 Å². The standard InChI is InChI=1S/C21H25ClN2O3/c22-17-5-6-18-16(13-17)14-19(27-18)21(26)24-11-7-15(8-12-24)20(25)23-9-3-1-2-4-10-23/h5-6,13-15H,1-4,7-12H2. The molecule has 2 amide bonds. The van der Waals surface area contributed by atoms with Crippen LogP contribution >= 0.6 is 11.6 Å². The molecule has 2 saturated heterocycles. The van der Waals surface area contributed by atoms with Gasteiger partial charge in [-0.05, 0) is 49.9 Å². The van der Waals surface area contributed by atoms with Crippen molar-refractivity contribution in [2.75, 3.05) is 26.2 Å². The summed E-state index contributed by atoms with van der Waals surface area (Å²) in [7, 11) is 0. The SMILES string of the molecule is O=C(c1cc2cc(Cl)ccc2o1)N1CCC(C(=O)N2CCCCCC2)CC1. The maximum atomic E-state index is 12.8. The number of hydrogen-bond acceptors (Lipinski definition) is 3. The van der Waals surface area contributed by atoms with E-state index in [9.17, 15) is 9.59 Å². The van der Waals surface area contributed by atoms with Gasteiger partial charge in [-0.3, -0.25) is 9.59 Å². The summed E-state index contributed by atoms with van der Waals surface area (Å²) in [6.45, 7) is 2.97. The summed E-state index contributed by atoms with van der Waals surface area (Å²) in [6, 6.07) is 7.07. The van der Waals surface area contributed by atoms with E-state index < -0.39 is 0 Å². The fourth-order valence-electron chi connectivity index (χ4n) is 4.15. The van der Waals surface area contributed by atoms with Gasteiger partial charge in [0.05, 0.1) is 0 Å². The van der Waals surface area contributed by atoms with Gasteiger partial charge in [0.2, 0.25) is 5.91 Å². The third-order valence-electron chi connectivity index (χ3n) is 5.74. The zero-order chi connectivity index (χ0) is 18.8. The van der Waals surface area contributed by atoms with Crippen molar-refractivity contribution in [3.63, 3.8) is 0 Å². The molecule has 1 aromatic heterocycles. The van der Waals surface area contributed by atoms with Gasteiger partial charge in [-0.2, -0.15) is 0 Å². The molecule has 4 rings (SSSR count). The monoisotopic (exact) mass is 388 g/mol. The number of furan rings is 1. The van der Waals surface area contributed by atoms with Gasteiger partial charge in [0.15, 0.2) is 5.76 Å². The van der Waals surface area contributed by atoms with E-state index in [4.69, 9.17) is 16.0 Å². The van der Waals surface area contributed by atoms with E-state index in [0.717, 1.165) is 44.2 Å². The summed E-state index contributed by atoms with van der Waals surface area (Å²) in [6.07, 6.45) is 6.12. The van der Waals surface area contributed by atoms with Crippen LogP contribution in [0.1, 0.15) is 49.1 Å². The second-order valence-corrected chi connectivity index (χ2v) is 8.04. The molecule has 1 aromatic carbocycles. The molecular formula is C21H25ClN2O3. The van der Waals surface area contributed by atoms with E-state index >= 15 is 0 Å². The first-order valence-electron chi connectivity index (χ1n) is 9.89. The molecule has 0 bridgehead atoms. The lowest BCUT2D eigenvalue weighted by atomic mass is 9.95. The fraction of sp³-hybridized carbons (Fsp3) is 0.524. The molecule has 0 N–H and O–H groups in total. The molecule has 2 fully saturated rings. The van der Waals surface area contributed by atoms with E-state index in [1.165, 1.54) is 12.8 Å². The minimum atomic E-state index is -0.108. The van der Waals surface area contributed by atoms with E-state index in [1.54, 1.807) is 29.2 Å².